The number of halogens is 4. The van der Waals surface area contributed by atoms with Crippen molar-refractivity contribution in [3.63, 3.8) is 0 Å². The van der Waals surface area contributed by atoms with Gasteiger partial charge in [-0.15, -0.1) is 0 Å². The van der Waals surface area contributed by atoms with E-state index in [2.05, 4.69) is 15.9 Å². The van der Waals surface area contributed by atoms with Crippen molar-refractivity contribution in [3.05, 3.63) is 29.3 Å². The molecule has 0 aliphatic carbocycles. The molecule has 0 bridgehead atoms. The first-order valence-electron chi connectivity index (χ1n) is 5.05. The molecule has 2 nitrogen and oxygen atoms in total. The highest BCUT2D eigenvalue weighted by Crippen LogP contribution is 2.30. The molecule has 7 heteroatoms. The third-order valence-electron chi connectivity index (χ3n) is 2.40. The normalized spacial score (nSPS) is 14.6. The predicted octanol–water partition coefficient (Wildman–Crippen LogP) is 3.40. The Balaban J connectivity index is 3.11. The minimum absolute atomic E-state index is 0.0452. The van der Waals surface area contributed by atoms with Gasteiger partial charge in [0.2, 0.25) is 0 Å². The van der Waals surface area contributed by atoms with E-state index in [9.17, 15) is 21.6 Å². The topological polar surface area (TPSA) is 34.1 Å². The second kappa shape index (κ2) is 5.21. The third kappa shape index (κ3) is 3.71. The van der Waals surface area contributed by atoms with Crippen LogP contribution in [0.4, 0.5) is 13.2 Å². The molecule has 1 unspecified atom stereocenters. The number of benzene rings is 1. The lowest BCUT2D eigenvalue weighted by Gasteiger charge is -2.15. The highest BCUT2D eigenvalue weighted by Gasteiger charge is 2.41. The molecular weight excluding hydrogens is 333 g/mol. The summed E-state index contributed by atoms with van der Waals surface area (Å²) in [4.78, 5) is -2.11. The van der Waals surface area contributed by atoms with Crippen LogP contribution in [0.15, 0.2) is 23.1 Å². The molecule has 0 radical (unpaired) electrons. The summed E-state index contributed by atoms with van der Waals surface area (Å²) in [6.45, 7) is 3.25. The van der Waals surface area contributed by atoms with Crippen LogP contribution >= 0.6 is 15.9 Å². The van der Waals surface area contributed by atoms with E-state index in [1.807, 2.05) is 0 Å². The van der Waals surface area contributed by atoms with Gasteiger partial charge in [0.05, 0.1) is 10.6 Å². The second-order valence-electron chi connectivity index (χ2n) is 4.06. The highest BCUT2D eigenvalue weighted by atomic mass is 79.9. The van der Waals surface area contributed by atoms with Crippen molar-refractivity contribution in [2.75, 3.05) is 5.75 Å². The number of hydrogen-bond donors (Lipinski definition) is 0. The van der Waals surface area contributed by atoms with Crippen molar-refractivity contribution in [1.82, 2.24) is 0 Å². The van der Waals surface area contributed by atoms with Crippen LogP contribution < -0.4 is 0 Å². The minimum atomic E-state index is -4.58. The Morgan fingerprint density at radius 1 is 1.28 bits per heavy atom. The maximum absolute atomic E-state index is 12.4. The summed E-state index contributed by atoms with van der Waals surface area (Å²) in [7, 11) is -3.96. The average molecular weight is 345 g/mol. The number of aryl methyl sites for hydroxylation is 2. The molecule has 0 N–H and O–H groups in total. The van der Waals surface area contributed by atoms with Gasteiger partial charge in [-0.25, -0.2) is 8.42 Å². The van der Waals surface area contributed by atoms with E-state index in [1.54, 1.807) is 26.0 Å². The molecule has 0 saturated heterocycles. The Morgan fingerprint density at radius 3 is 2.33 bits per heavy atom. The lowest BCUT2D eigenvalue weighted by atomic mass is 10.2. The van der Waals surface area contributed by atoms with Gasteiger partial charge in [-0.3, -0.25) is 0 Å². The van der Waals surface area contributed by atoms with Crippen LogP contribution in [0.25, 0.3) is 0 Å². The zero-order chi connectivity index (χ0) is 14.1. The number of sulfone groups is 1. The number of alkyl halides is 4. The Bertz CT molecular complexity index is 538. The average Bonchev–Trinajstić information content (AvgIpc) is 2.19. The van der Waals surface area contributed by atoms with Gasteiger partial charge in [-0.2, -0.15) is 13.2 Å². The quantitative estimate of drug-likeness (QED) is 0.787. The molecule has 1 aromatic carbocycles. The van der Waals surface area contributed by atoms with Crippen molar-refractivity contribution in [1.29, 1.82) is 0 Å². The Morgan fingerprint density at radius 2 is 1.83 bits per heavy atom. The molecule has 0 saturated carbocycles. The SMILES string of the molecule is Cc1ccc(C)c(S(=O)(=O)CC(Br)C(F)(F)F)c1. The van der Waals surface area contributed by atoms with Crippen molar-refractivity contribution >= 4 is 25.8 Å². The van der Waals surface area contributed by atoms with E-state index in [0.717, 1.165) is 0 Å². The van der Waals surface area contributed by atoms with E-state index < -0.39 is 26.6 Å². The Hall–Kier alpha value is -0.560. The van der Waals surface area contributed by atoms with Crippen LogP contribution in [0.2, 0.25) is 0 Å². The van der Waals surface area contributed by atoms with Gasteiger partial charge in [-0.05, 0) is 31.0 Å². The molecule has 0 spiro atoms. The van der Waals surface area contributed by atoms with Gasteiger partial charge >= 0.3 is 6.18 Å². The zero-order valence-corrected chi connectivity index (χ0v) is 12.2. The second-order valence-corrected chi connectivity index (χ2v) is 7.17. The fourth-order valence-electron chi connectivity index (χ4n) is 1.42. The molecule has 0 heterocycles. The molecule has 0 fully saturated rings. The van der Waals surface area contributed by atoms with Gasteiger partial charge in [0.15, 0.2) is 9.84 Å². The Kier molecular flexibility index (Phi) is 4.48. The molecule has 1 atom stereocenters. The van der Waals surface area contributed by atoms with Gasteiger partial charge in [0, 0.05) is 0 Å². The van der Waals surface area contributed by atoms with Crippen LogP contribution in [0.1, 0.15) is 11.1 Å². The molecule has 0 amide bonds. The van der Waals surface area contributed by atoms with Crippen LogP contribution in [-0.2, 0) is 9.84 Å². The van der Waals surface area contributed by atoms with Gasteiger partial charge < -0.3 is 0 Å². The van der Waals surface area contributed by atoms with Crippen LogP contribution in [0, 0.1) is 13.8 Å². The van der Waals surface area contributed by atoms with Crippen molar-refractivity contribution in [2.45, 2.75) is 29.7 Å². The number of rotatable bonds is 3. The summed E-state index contributed by atoms with van der Waals surface area (Å²) in [5, 5.41) is 0. The summed E-state index contributed by atoms with van der Waals surface area (Å²) >= 11 is 2.37. The van der Waals surface area contributed by atoms with Crippen LogP contribution in [0.3, 0.4) is 0 Å². The van der Waals surface area contributed by atoms with Gasteiger partial charge in [-0.1, -0.05) is 28.1 Å². The Labute approximate surface area is 112 Å². The van der Waals surface area contributed by atoms with Crippen LogP contribution in [-0.4, -0.2) is 25.2 Å². The first-order chi connectivity index (χ1) is 8.04. The predicted molar refractivity (Wildman–Crippen MR) is 66.7 cm³/mol. The molecule has 1 aromatic rings. The van der Waals surface area contributed by atoms with E-state index in [0.29, 0.717) is 11.1 Å². The molecule has 1 rings (SSSR count). The van der Waals surface area contributed by atoms with E-state index in [1.165, 1.54) is 6.07 Å². The van der Waals surface area contributed by atoms with Crippen molar-refractivity contribution < 1.29 is 21.6 Å². The first-order valence-corrected chi connectivity index (χ1v) is 7.61. The molecular formula is C11H12BrF3O2S. The first kappa shape index (κ1) is 15.5. The van der Waals surface area contributed by atoms with Crippen molar-refractivity contribution in [2.24, 2.45) is 0 Å². The molecule has 0 aromatic heterocycles. The largest absolute Gasteiger partial charge is 0.402 e. The molecule has 0 aliphatic heterocycles. The van der Waals surface area contributed by atoms with Crippen LogP contribution in [0.5, 0.6) is 0 Å². The molecule has 102 valence electrons. The van der Waals surface area contributed by atoms with E-state index in [-0.39, 0.29) is 4.90 Å². The summed E-state index contributed by atoms with van der Waals surface area (Å²) in [5.41, 5.74) is 1.14. The standard InChI is InChI=1S/C11H12BrF3O2S/c1-7-3-4-8(2)9(5-7)18(16,17)6-10(12)11(13,14)15/h3-5,10H,6H2,1-2H3. The van der Waals surface area contributed by atoms with Gasteiger partial charge in [0.1, 0.15) is 4.83 Å². The maximum Gasteiger partial charge on any atom is 0.402 e. The van der Waals surface area contributed by atoms with E-state index in [4.69, 9.17) is 0 Å². The highest BCUT2D eigenvalue weighted by molar-refractivity contribution is 9.09. The number of hydrogen-bond acceptors (Lipinski definition) is 2. The summed E-state index contributed by atoms with van der Waals surface area (Å²) < 4.78 is 61.0. The van der Waals surface area contributed by atoms with Gasteiger partial charge in [0.25, 0.3) is 0 Å². The van der Waals surface area contributed by atoms with E-state index >= 15 is 0 Å². The lowest BCUT2D eigenvalue weighted by molar-refractivity contribution is -0.123. The third-order valence-corrected chi connectivity index (χ3v) is 5.55. The molecule has 18 heavy (non-hydrogen) atoms. The minimum Gasteiger partial charge on any atom is -0.224 e. The summed E-state index contributed by atoms with van der Waals surface area (Å²) in [6, 6.07) is 4.68. The lowest BCUT2D eigenvalue weighted by Crippen LogP contribution is -2.30. The monoisotopic (exact) mass is 344 g/mol. The smallest absolute Gasteiger partial charge is 0.224 e. The fraction of sp³-hybridized carbons (Fsp3) is 0.455. The summed E-state index contributed by atoms with van der Waals surface area (Å²) in [6.07, 6.45) is -4.58. The molecule has 0 aliphatic rings. The maximum atomic E-state index is 12.4. The zero-order valence-electron chi connectivity index (χ0n) is 9.75. The summed E-state index contributed by atoms with van der Waals surface area (Å²) in [5.74, 6) is -0.999. The van der Waals surface area contributed by atoms with Crippen molar-refractivity contribution in [3.8, 4) is 0 Å². The fourth-order valence-corrected chi connectivity index (χ4v) is 4.14.